The molecule has 0 aliphatic carbocycles. The highest BCUT2D eigenvalue weighted by atomic mass is 35.5. The van der Waals surface area contributed by atoms with Crippen LogP contribution in [0.4, 0.5) is 5.69 Å². The van der Waals surface area contributed by atoms with Gasteiger partial charge >= 0.3 is 0 Å². The van der Waals surface area contributed by atoms with Gasteiger partial charge in [-0.25, -0.2) is 0 Å². The molecule has 0 aliphatic rings. The normalized spacial score (nSPS) is 8.00. The van der Waals surface area contributed by atoms with E-state index in [1.54, 1.807) is 6.20 Å². The molecule has 0 atom stereocenters. The zero-order valence-electron chi connectivity index (χ0n) is 7.21. The van der Waals surface area contributed by atoms with Gasteiger partial charge in [-0.1, -0.05) is 18.2 Å². The van der Waals surface area contributed by atoms with Gasteiger partial charge in [0.25, 0.3) is 0 Å². The summed E-state index contributed by atoms with van der Waals surface area (Å²) in [5.74, 6) is 0. The predicted molar refractivity (Wildman–Crippen MR) is 67.9 cm³/mol. The van der Waals surface area contributed by atoms with Crippen molar-refractivity contribution in [3.05, 3.63) is 36.5 Å². The summed E-state index contributed by atoms with van der Waals surface area (Å²) < 4.78 is 0. The molecule has 78 valence electrons. The maximum atomic E-state index is 5.72. The fraction of sp³-hybridized carbons (Fsp3) is 0. The molecule has 14 heavy (non-hydrogen) atoms. The Kier molecular flexibility index (Phi) is 7.55. The van der Waals surface area contributed by atoms with Crippen LogP contribution in [-0.4, -0.2) is 4.98 Å². The number of benzene rings is 1. The van der Waals surface area contributed by atoms with Gasteiger partial charge in [0.15, 0.2) is 0 Å². The van der Waals surface area contributed by atoms with Crippen molar-refractivity contribution in [2.24, 2.45) is 0 Å². The van der Waals surface area contributed by atoms with Crippen molar-refractivity contribution >= 4 is 53.8 Å². The highest BCUT2D eigenvalue weighted by molar-refractivity contribution is 5.89. The molecule has 0 saturated carbocycles. The monoisotopic (exact) mass is 252 g/mol. The van der Waals surface area contributed by atoms with Crippen LogP contribution in [0.25, 0.3) is 10.9 Å². The van der Waals surface area contributed by atoms with Crippen molar-refractivity contribution in [2.75, 3.05) is 5.73 Å². The SMILES string of the molecule is Cl.Cl.Cl.Nc1ccnc2ccccc12. The van der Waals surface area contributed by atoms with E-state index in [0.717, 1.165) is 16.6 Å². The molecule has 0 unspecified atom stereocenters. The van der Waals surface area contributed by atoms with Crippen LogP contribution in [0.15, 0.2) is 36.5 Å². The van der Waals surface area contributed by atoms with Gasteiger partial charge in [-0.05, 0) is 12.1 Å². The van der Waals surface area contributed by atoms with Gasteiger partial charge in [-0.15, -0.1) is 37.2 Å². The highest BCUT2D eigenvalue weighted by Crippen LogP contribution is 2.16. The largest absolute Gasteiger partial charge is 0.398 e. The predicted octanol–water partition coefficient (Wildman–Crippen LogP) is 3.08. The second-order valence-electron chi connectivity index (χ2n) is 2.42. The third kappa shape index (κ3) is 2.91. The van der Waals surface area contributed by atoms with E-state index in [-0.39, 0.29) is 37.2 Å². The van der Waals surface area contributed by atoms with Gasteiger partial charge in [0.1, 0.15) is 0 Å². The molecule has 0 fully saturated rings. The summed E-state index contributed by atoms with van der Waals surface area (Å²) in [5, 5.41) is 1.02. The van der Waals surface area contributed by atoms with Crippen LogP contribution in [0.5, 0.6) is 0 Å². The van der Waals surface area contributed by atoms with Crippen LogP contribution in [-0.2, 0) is 0 Å². The van der Waals surface area contributed by atoms with Crippen molar-refractivity contribution in [3.8, 4) is 0 Å². The van der Waals surface area contributed by atoms with E-state index in [1.165, 1.54) is 0 Å². The smallest absolute Gasteiger partial charge is 0.0722 e. The number of aromatic nitrogens is 1. The number of para-hydroxylation sites is 1. The molecule has 1 aromatic heterocycles. The van der Waals surface area contributed by atoms with E-state index in [1.807, 2.05) is 30.3 Å². The Morgan fingerprint density at radius 1 is 0.929 bits per heavy atom. The molecular formula is C9H11Cl3N2. The Labute approximate surface area is 101 Å². The van der Waals surface area contributed by atoms with Gasteiger partial charge in [0.2, 0.25) is 0 Å². The molecule has 0 bridgehead atoms. The lowest BCUT2D eigenvalue weighted by molar-refractivity contribution is 1.41. The van der Waals surface area contributed by atoms with E-state index in [0.29, 0.717) is 0 Å². The maximum Gasteiger partial charge on any atom is 0.0722 e. The zero-order chi connectivity index (χ0) is 7.68. The summed E-state index contributed by atoms with van der Waals surface area (Å²) in [6.07, 6.45) is 1.72. The Bertz CT molecular complexity index is 387. The molecule has 5 heteroatoms. The van der Waals surface area contributed by atoms with Crippen molar-refractivity contribution < 1.29 is 0 Å². The summed E-state index contributed by atoms with van der Waals surface area (Å²) >= 11 is 0. The molecule has 2 aromatic rings. The topological polar surface area (TPSA) is 38.9 Å². The van der Waals surface area contributed by atoms with Crippen LogP contribution in [0.2, 0.25) is 0 Å². The van der Waals surface area contributed by atoms with Crippen molar-refractivity contribution in [1.82, 2.24) is 4.98 Å². The molecule has 2 N–H and O–H groups in total. The lowest BCUT2D eigenvalue weighted by Gasteiger charge is -1.97. The number of nitrogen functional groups attached to an aromatic ring is 1. The fourth-order valence-corrected chi connectivity index (χ4v) is 1.12. The summed E-state index contributed by atoms with van der Waals surface area (Å²) in [7, 11) is 0. The van der Waals surface area contributed by atoms with Crippen LogP contribution >= 0.6 is 37.2 Å². The molecular weight excluding hydrogens is 242 g/mol. The average Bonchev–Trinajstić information content (AvgIpc) is 2.06. The van der Waals surface area contributed by atoms with E-state index >= 15 is 0 Å². The number of hydrogen-bond acceptors (Lipinski definition) is 2. The molecule has 0 radical (unpaired) electrons. The zero-order valence-corrected chi connectivity index (χ0v) is 9.66. The van der Waals surface area contributed by atoms with Crippen molar-refractivity contribution in [1.29, 1.82) is 0 Å². The number of nitrogens with two attached hydrogens (primary N) is 1. The first-order valence-corrected chi connectivity index (χ1v) is 3.47. The standard InChI is InChI=1S/C9H8N2.3ClH/c10-8-5-6-11-9-4-2-1-3-7(8)9;;;/h1-6H,(H2,10,11);3*1H. The number of nitrogens with zero attached hydrogens (tertiary/aromatic N) is 1. The van der Waals surface area contributed by atoms with Gasteiger partial charge < -0.3 is 5.73 Å². The minimum Gasteiger partial charge on any atom is -0.398 e. The molecule has 1 heterocycles. The number of rotatable bonds is 0. The third-order valence-corrected chi connectivity index (χ3v) is 1.68. The van der Waals surface area contributed by atoms with Crippen molar-refractivity contribution in [2.45, 2.75) is 0 Å². The van der Waals surface area contributed by atoms with Crippen LogP contribution in [0, 0.1) is 0 Å². The highest BCUT2D eigenvalue weighted by Gasteiger charge is 1.94. The van der Waals surface area contributed by atoms with E-state index in [9.17, 15) is 0 Å². The van der Waals surface area contributed by atoms with Crippen LogP contribution in [0.3, 0.4) is 0 Å². The Morgan fingerprint density at radius 2 is 1.57 bits per heavy atom. The van der Waals surface area contributed by atoms with Crippen molar-refractivity contribution in [3.63, 3.8) is 0 Å². The third-order valence-electron chi connectivity index (χ3n) is 1.68. The van der Waals surface area contributed by atoms with Gasteiger partial charge in [-0.3, -0.25) is 4.98 Å². The second kappa shape index (κ2) is 6.71. The number of anilines is 1. The summed E-state index contributed by atoms with van der Waals surface area (Å²) in [6.45, 7) is 0. The van der Waals surface area contributed by atoms with Crippen LogP contribution in [0.1, 0.15) is 0 Å². The molecule has 1 aromatic carbocycles. The molecule has 2 rings (SSSR count). The Balaban J connectivity index is 0. The van der Waals surface area contributed by atoms with Crippen LogP contribution < -0.4 is 5.73 Å². The minimum atomic E-state index is 0. The summed E-state index contributed by atoms with van der Waals surface area (Å²) in [4.78, 5) is 4.16. The molecule has 2 nitrogen and oxygen atoms in total. The first-order chi connectivity index (χ1) is 5.38. The Morgan fingerprint density at radius 3 is 2.21 bits per heavy atom. The lowest BCUT2D eigenvalue weighted by atomic mass is 10.2. The fourth-order valence-electron chi connectivity index (χ4n) is 1.12. The molecule has 0 saturated heterocycles. The van der Waals surface area contributed by atoms with Gasteiger partial charge in [0, 0.05) is 17.3 Å². The number of hydrogen-bond donors (Lipinski definition) is 1. The summed E-state index contributed by atoms with van der Waals surface area (Å²) in [6, 6.07) is 9.64. The molecule has 0 amide bonds. The van der Waals surface area contributed by atoms with Gasteiger partial charge in [0.05, 0.1) is 5.52 Å². The van der Waals surface area contributed by atoms with E-state index < -0.39 is 0 Å². The van der Waals surface area contributed by atoms with E-state index in [4.69, 9.17) is 5.73 Å². The van der Waals surface area contributed by atoms with E-state index in [2.05, 4.69) is 4.98 Å². The molecule has 0 spiro atoms. The number of halogens is 3. The lowest BCUT2D eigenvalue weighted by Crippen LogP contribution is -1.87. The number of fused-ring (bicyclic) bond motifs is 1. The first-order valence-electron chi connectivity index (χ1n) is 3.47. The minimum absolute atomic E-state index is 0. The second-order valence-corrected chi connectivity index (χ2v) is 2.42. The maximum absolute atomic E-state index is 5.72. The average molecular weight is 254 g/mol. The Hall–Kier alpha value is -0.700. The molecule has 0 aliphatic heterocycles. The van der Waals surface area contributed by atoms with Gasteiger partial charge in [-0.2, -0.15) is 0 Å². The quantitative estimate of drug-likeness (QED) is 0.784. The first kappa shape index (κ1) is 15.8. The number of pyridine rings is 1. The summed E-state index contributed by atoms with van der Waals surface area (Å²) in [5.41, 5.74) is 7.46.